The maximum Gasteiger partial charge on any atom is 0.139 e. The van der Waals surface area contributed by atoms with E-state index < -0.39 is 0 Å². The van der Waals surface area contributed by atoms with Crippen molar-refractivity contribution in [3.05, 3.63) is 169 Å². The largest absolute Gasteiger partial charge is 0.506 e. The van der Waals surface area contributed by atoms with Gasteiger partial charge in [-0.1, -0.05) is 151 Å². The van der Waals surface area contributed by atoms with Crippen LogP contribution in [0.2, 0.25) is 0 Å². The van der Waals surface area contributed by atoms with Crippen molar-refractivity contribution in [3.8, 4) is 51.0 Å². The monoisotopic (exact) mass is 674 g/mol. The topological polar surface area (TPSA) is 33.4 Å². The number of hydrogen-bond donors (Lipinski definition) is 1. The van der Waals surface area contributed by atoms with Crippen LogP contribution in [0.15, 0.2) is 162 Å². The molecule has 1 aliphatic carbocycles. The number of rotatable bonds is 3. The predicted molar refractivity (Wildman–Crippen MR) is 222 cm³/mol. The molecule has 0 aliphatic heterocycles. The van der Waals surface area contributed by atoms with E-state index >= 15 is 0 Å². The second-order valence-corrected chi connectivity index (χ2v) is 13.9. The lowest BCUT2D eigenvalue weighted by atomic mass is 9.82. The van der Waals surface area contributed by atoms with Crippen LogP contribution >= 0.6 is 0 Å². The Hall–Kier alpha value is -7.08. The van der Waals surface area contributed by atoms with Gasteiger partial charge in [0, 0.05) is 22.8 Å². The van der Waals surface area contributed by atoms with Gasteiger partial charge in [0.15, 0.2) is 0 Å². The van der Waals surface area contributed by atoms with Crippen molar-refractivity contribution in [2.45, 2.75) is 6.42 Å². The number of hydrogen-bond acceptors (Lipinski definition) is 2. The third-order valence-corrected chi connectivity index (χ3v) is 11.0. The van der Waals surface area contributed by atoms with Crippen LogP contribution in [0.25, 0.3) is 104 Å². The van der Waals surface area contributed by atoms with Gasteiger partial charge in [-0.25, -0.2) is 0 Å². The summed E-state index contributed by atoms with van der Waals surface area (Å²) >= 11 is 0. The summed E-state index contributed by atoms with van der Waals surface area (Å²) in [7, 11) is 0. The van der Waals surface area contributed by atoms with Crippen molar-refractivity contribution < 1.29 is 9.52 Å². The number of benzene rings is 9. The minimum atomic E-state index is 0.209. The maximum absolute atomic E-state index is 12.3. The maximum atomic E-state index is 12.3. The number of allylic oxidation sites excluding steroid dienone is 1. The standard InChI is InChI=1S/C51H30O2/c52-51-49-36-18-6-2-5-16-34(36)29-43(44(49)30-46-50(51)42-23-11-12-25-45(42)53-46)48-40-21-9-7-19-38(40)47(39-20-8-10-22-41(39)48)37-24-13-17-33-28-32(26-27-35(33)37)31-14-3-1-4-15-31/h1,3-5,7-17,19-30,52H,2H2. The Bertz CT molecular complexity index is 3200. The fourth-order valence-corrected chi connectivity index (χ4v) is 8.66. The van der Waals surface area contributed by atoms with Gasteiger partial charge in [0.25, 0.3) is 0 Å². The van der Waals surface area contributed by atoms with Gasteiger partial charge in [-0.05, 0) is 101 Å². The Kier molecular flexibility index (Phi) is 6.41. The first-order chi connectivity index (χ1) is 26.2. The van der Waals surface area contributed by atoms with Crippen molar-refractivity contribution in [2.24, 2.45) is 0 Å². The molecule has 1 aromatic heterocycles. The third-order valence-electron chi connectivity index (χ3n) is 11.0. The average Bonchev–Trinajstić information content (AvgIpc) is 3.42. The van der Waals surface area contributed by atoms with E-state index in [2.05, 4.69) is 151 Å². The number of phenols is 1. The molecule has 0 spiro atoms. The van der Waals surface area contributed by atoms with E-state index in [9.17, 15) is 5.11 Å². The highest BCUT2D eigenvalue weighted by Gasteiger charge is 2.24. The lowest BCUT2D eigenvalue weighted by Crippen LogP contribution is -1.95. The molecule has 0 fully saturated rings. The lowest BCUT2D eigenvalue weighted by Gasteiger charge is -2.21. The minimum Gasteiger partial charge on any atom is -0.506 e. The Morgan fingerprint density at radius 3 is 1.92 bits per heavy atom. The quantitative estimate of drug-likeness (QED) is 0.149. The van der Waals surface area contributed by atoms with Crippen LogP contribution in [0.1, 0.15) is 17.5 Å². The molecule has 9 aromatic carbocycles. The summed E-state index contributed by atoms with van der Waals surface area (Å²) in [6.45, 7) is 0. The van der Waals surface area contributed by atoms with Crippen LogP contribution in [-0.2, 0) is 0 Å². The van der Waals surface area contributed by atoms with Crippen LogP contribution in [0.4, 0.5) is 0 Å². The summed E-state index contributed by atoms with van der Waals surface area (Å²) in [5.41, 5.74) is 10.2. The molecular weight excluding hydrogens is 645 g/mol. The van der Waals surface area contributed by atoms with E-state index in [-0.39, 0.29) is 5.75 Å². The van der Waals surface area contributed by atoms with Crippen LogP contribution in [0.3, 0.4) is 0 Å². The first-order valence-electron chi connectivity index (χ1n) is 18.0. The zero-order valence-corrected chi connectivity index (χ0v) is 28.7. The minimum absolute atomic E-state index is 0.209. The molecular formula is C51H30O2. The van der Waals surface area contributed by atoms with Crippen molar-refractivity contribution in [2.75, 3.05) is 0 Å². The molecule has 0 saturated carbocycles. The Morgan fingerprint density at radius 1 is 0.491 bits per heavy atom. The highest BCUT2D eigenvalue weighted by atomic mass is 16.3. The van der Waals surface area contributed by atoms with E-state index in [1.165, 1.54) is 43.8 Å². The number of phenolic OH excluding ortho intramolecular Hbond substituents is 1. The molecule has 0 amide bonds. The Labute approximate surface area is 305 Å². The van der Waals surface area contributed by atoms with E-state index in [0.29, 0.717) is 12.0 Å². The van der Waals surface area contributed by atoms with Crippen molar-refractivity contribution >= 4 is 71.1 Å². The summed E-state index contributed by atoms with van der Waals surface area (Å²) in [6.07, 6.45) is 4.91. The molecule has 0 radical (unpaired) electrons. The molecule has 0 saturated heterocycles. The zero-order chi connectivity index (χ0) is 35.0. The molecule has 53 heavy (non-hydrogen) atoms. The van der Waals surface area contributed by atoms with Gasteiger partial charge >= 0.3 is 0 Å². The Balaban J connectivity index is 1.26. The number of fused-ring (bicyclic) bond motifs is 9. The Morgan fingerprint density at radius 2 is 1.17 bits per heavy atom. The summed E-state index contributed by atoms with van der Waals surface area (Å²) in [6, 6.07) is 53.9. The SMILES string of the molecule is Oc1c2c3c(cc(-c4c5ccccc5c(-c5cccc6cc(-c7ccccc7)ccc56)c5ccccc45)c2cc2oc4ccccc4c12)C=CCC#C3. The van der Waals surface area contributed by atoms with Crippen molar-refractivity contribution in [3.63, 3.8) is 0 Å². The normalized spacial score (nSPS) is 12.5. The van der Waals surface area contributed by atoms with Crippen LogP contribution in [0, 0.1) is 11.8 Å². The highest BCUT2D eigenvalue weighted by molar-refractivity contribution is 6.27. The van der Waals surface area contributed by atoms with E-state index in [1.807, 2.05) is 24.3 Å². The molecule has 0 unspecified atom stereocenters. The summed E-state index contributed by atoms with van der Waals surface area (Å²) < 4.78 is 6.42. The first-order valence-corrected chi connectivity index (χ1v) is 18.0. The molecule has 10 aromatic rings. The summed E-state index contributed by atoms with van der Waals surface area (Å²) in [5, 5.41) is 22.6. The van der Waals surface area contributed by atoms with Gasteiger partial charge in [-0.15, -0.1) is 0 Å². The lowest BCUT2D eigenvalue weighted by molar-refractivity contribution is 0.487. The first kappa shape index (κ1) is 29.6. The smallest absolute Gasteiger partial charge is 0.139 e. The zero-order valence-electron chi connectivity index (χ0n) is 28.7. The van der Waals surface area contributed by atoms with Gasteiger partial charge in [-0.2, -0.15) is 0 Å². The van der Waals surface area contributed by atoms with Gasteiger partial charge in [-0.3, -0.25) is 0 Å². The molecule has 0 bridgehead atoms. The summed E-state index contributed by atoms with van der Waals surface area (Å²) in [4.78, 5) is 0. The number of para-hydroxylation sites is 1. The third kappa shape index (κ3) is 4.41. The molecule has 2 nitrogen and oxygen atoms in total. The van der Waals surface area contributed by atoms with Gasteiger partial charge in [0.1, 0.15) is 16.9 Å². The predicted octanol–water partition coefficient (Wildman–Crippen LogP) is 13.7. The second-order valence-electron chi connectivity index (χ2n) is 13.9. The van der Waals surface area contributed by atoms with Crippen LogP contribution in [0.5, 0.6) is 5.75 Å². The molecule has 246 valence electrons. The van der Waals surface area contributed by atoms with Gasteiger partial charge in [0.05, 0.1) is 5.39 Å². The number of aromatic hydroxyl groups is 1. The van der Waals surface area contributed by atoms with Crippen molar-refractivity contribution in [1.29, 1.82) is 0 Å². The highest BCUT2D eigenvalue weighted by Crippen LogP contribution is 2.50. The molecule has 0 atom stereocenters. The van der Waals surface area contributed by atoms with E-state index in [0.717, 1.165) is 60.2 Å². The fraction of sp³-hybridized carbons (Fsp3) is 0.0196. The van der Waals surface area contributed by atoms with E-state index in [4.69, 9.17) is 4.42 Å². The summed E-state index contributed by atoms with van der Waals surface area (Å²) in [5.74, 6) is 6.94. The molecule has 11 rings (SSSR count). The molecule has 1 heterocycles. The molecule has 2 heteroatoms. The van der Waals surface area contributed by atoms with Crippen LogP contribution < -0.4 is 0 Å². The molecule has 1 aliphatic rings. The fourth-order valence-electron chi connectivity index (χ4n) is 8.66. The van der Waals surface area contributed by atoms with Crippen LogP contribution in [-0.4, -0.2) is 5.11 Å². The van der Waals surface area contributed by atoms with E-state index in [1.54, 1.807) is 0 Å². The molecule has 1 N–H and O–H groups in total. The number of furan rings is 1. The van der Waals surface area contributed by atoms with Gasteiger partial charge in [0.2, 0.25) is 0 Å². The average molecular weight is 675 g/mol. The van der Waals surface area contributed by atoms with Gasteiger partial charge < -0.3 is 9.52 Å². The van der Waals surface area contributed by atoms with Crippen molar-refractivity contribution in [1.82, 2.24) is 0 Å². The second kappa shape index (κ2) is 11.5.